The molecule has 0 aliphatic carbocycles. The molecule has 160 valence electrons. The lowest BCUT2D eigenvalue weighted by atomic mass is 10.1. The van der Waals surface area contributed by atoms with Gasteiger partial charge in [0.15, 0.2) is 0 Å². The summed E-state index contributed by atoms with van der Waals surface area (Å²) in [6, 6.07) is 10.6. The Morgan fingerprint density at radius 3 is 2.81 bits per heavy atom. The van der Waals surface area contributed by atoms with Gasteiger partial charge in [-0.25, -0.2) is 14.4 Å². The lowest BCUT2D eigenvalue weighted by Crippen LogP contribution is -2.23. The Morgan fingerprint density at radius 1 is 1.16 bits per heavy atom. The normalized spacial score (nSPS) is 16.3. The minimum atomic E-state index is -0.214. The van der Waals surface area contributed by atoms with Crippen LogP contribution in [0.5, 0.6) is 0 Å². The first-order valence-electron chi connectivity index (χ1n) is 10.5. The predicted molar refractivity (Wildman–Crippen MR) is 120 cm³/mol. The molecule has 4 aromatic rings. The Morgan fingerprint density at radius 2 is 2.06 bits per heavy atom. The third kappa shape index (κ3) is 3.90. The van der Waals surface area contributed by atoms with Crippen LogP contribution in [-0.4, -0.2) is 31.0 Å². The molecular weight excluding hydrogens is 405 g/mol. The second-order valence-electron chi connectivity index (χ2n) is 8.05. The van der Waals surface area contributed by atoms with E-state index in [1.54, 1.807) is 30.6 Å². The van der Waals surface area contributed by atoms with Gasteiger partial charge in [0.2, 0.25) is 0 Å². The molecule has 8 heteroatoms. The molecule has 0 spiro atoms. The number of rotatable bonds is 5. The molecule has 1 aromatic carbocycles. The van der Waals surface area contributed by atoms with Crippen LogP contribution in [0.4, 0.5) is 15.9 Å². The van der Waals surface area contributed by atoms with Crippen molar-refractivity contribution in [3.63, 3.8) is 0 Å². The quantitative estimate of drug-likeness (QED) is 0.507. The average Bonchev–Trinajstić information content (AvgIpc) is 3.39. The predicted octanol–water partition coefficient (Wildman–Crippen LogP) is 4.45. The first-order valence-corrected chi connectivity index (χ1v) is 10.5. The van der Waals surface area contributed by atoms with Gasteiger partial charge in [0.1, 0.15) is 23.4 Å². The van der Waals surface area contributed by atoms with Gasteiger partial charge >= 0.3 is 0 Å². The van der Waals surface area contributed by atoms with Crippen molar-refractivity contribution >= 4 is 22.4 Å². The second-order valence-corrected chi connectivity index (χ2v) is 8.05. The minimum Gasteiger partial charge on any atom is -0.350 e. The van der Waals surface area contributed by atoms with Crippen molar-refractivity contribution in [2.24, 2.45) is 7.05 Å². The Kier molecular flexibility index (Phi) is 5.25. The van der Waals surface area contributed by atoms with Crippen LogP contribution in [0, 0.1) is 17.1 Å². The molecule has 0 saturated carbocycles. The highest BCUT2D eigenvalue weighted by molar-refractivity contribution is 5.84. The van der Waals surface area contributed by atoms with Crippen LogP contribution in [0.2, 0.25) is 0 Å². The molecule has 1 saturated heterocycles. The van der Waals surface area contributed by atoms with E-state index >= 15 is 0 Å². The van der Waals surface area contributed by atoms with Gasteiger partial charge < -0.3 is 9.88 Å². The van der Waals surface area contributed by atoms with Crippen LogP contribution >= 0.6 is 0 Å². The summed E-state index contributed by atoms with van der Waals surface area (Å²) in [5.41, 5.74) is 4.19. The number of anilines is 2. The molecule has 1 N–H and O–H groups in total. The van der Waals surface area contributed by atoms with Gasteiger partial charge in [-0.3, -0.25) is 9.88 Å². The largest absolute Gasteiger partial charge is 0.350 e. The zero-order chi connectivity index (χ0) is 22.1. The maximum absolute atomic E-state index is 13.8. The van der Waals surface area contributed by atoms with Crippen molar-refractivity contribution in [2.75, 3.05) is 11.9 Å². The maximum Gasteiger partial charge on any atom is 0.148 e. The zero-order valence-electron chi connectivity index (χ0n) is 17.7. The van der Waals surface area contributed by atoms with Crippen molar-refractivity contribution in [2.45, 2.75) is 25.4 Å². The Balaban J connectivity index is 1.32. The van der Waals surface area contributed by atoms with E-state index < -0.39 is 0 Å². The molecule has 0 amide bonds. The molecule has 5 rings (SSSR count). The zero-order valence-corrected chi connectivity index (χ0v) is 17.7. The standard InChI is InChI=1S/C24H22FN7/c1-31-14-16(20-9-17(25)4-7-22(20)31)15-32-8-2-3-23(32)21-12-29-24(13-28-21)30-19-6-5-18(10-26)27-11-19/h4-7,9,11-14,23H,2-3,8,15H2,1H3,(H,29,30)/t23-/m0/s1. The van der Waals surface area contributed by atoms with Gasteiger partial charge in [-0.05, 0) is 55.3 Å². The second kappa shape index (κ2) is 8.36. The molecule has 1 aliphatic rings. The van der Waals surface area contributed by atoms with Crippen LogP contribution in [0.1, 0.15) is 35.8 Å². The minimum absolute atomic E-state index is 0.178. The summed E-state index contributed by atoms with van der Waals surface area (Å²) in [4.78, 5) is 15.6. The number of hydrogen-bond acceptors (Lipinski definition) is 6. The highest BCUT2D eigenvalue weighted by Gasteiger charge is 2.28. The van der Waals surface area contributed by atoms with Crippen LogP contribution in [0.15, 0.2) is 55.1 Å². The fourth-order valence-electron chi connectivity index (χ4n) is 4.40. The summed E-state index contributed by atoms with van der Waals surface area (Å²) >= 11 is 0. The van der Waals surface area contributed by atoms with Crippen LogP contribution < -0.4 is 5.32 Å². The van der Waals surface area contributed by atoms with Crippen molar-refractivity contribution in [3.8, 4) is 6.07 Å². The number of likely N-dealkylation sites (tertiary alicyclic amines) is 1. The Labute approximate surface area is 185 Å². The Bertz CT molecular complexity index is 1290. The molecular formula is C24H22FN7. The summed E-state index contributed by atoms with van der Waals surface area (Å²) in [6.07, 6.45) is 9.31. The topological polar surface area (TPSA) is 82.7 Å². The van der Waals surface area contributed by atoms with Crippen molar-refractivity contribution in [1.82, 2.24) is 24.4 Å². The number of nitriles is 1. The number of nitrogens with one attached hydrogen (secondary N) is 1. The van der Waals surface area contributed by atoms with Gasteiger partial charge in [0.05, 0.1) is 36.0 Å². The van der Waals surface area contributed by atoms with Crippen LogP contribution in [0.25, 0.3) is 10.9 Å². The van der Waals surface area contributed by atoms with E-state index in [4.69, 9.17) is 5.26 Å². The van der Waals surface area contributed by atoms with Crippen LogP contribution in [0.3, 0.4) is 0 Å². The number of benzene rings is 1. The number of halogens is 1. The summed E-state index contributed by atoms with van der Waals surface area (Å²) < 4.78 is 15.9. The number of aryl methyl sites for hydroxylation is 1. The smallest absolute Gasteiger partial charge is 0.148 e. The molecule has 0 unspecified atom stereocenters. The first kappa shape index (κ1) is 20.1. The van der Waals surface area contributed by atoms with Crippen molar-refractivity contribution in [1.29, 1.82) is 5.26 Å². The fraction of sp³-hybridized carbons (Fsp3) is 0.250. The maximum atomic E-state index is 13.8. The summed E-state index contributed by atoms with van der Waals surface area (Å²) in [5.74, 6) is 0.406. The fourth-order valence-corrected chi connectivity index (χ4v) is 4.40. The van der Waals surface area contributed by atoms with E-state index in [0.717, 1.165) is 53.8 Å². The molecule has 7 nitrogen and oxygen atoms in total. The van der Waals surface area contributed by atoms with Gasteiger partial charge in [-0.2, -0.15) is 5.26 Å². The molecule has 0 radical (unpaired) electrons. The highest BCUT2D eigenvalue weighted by atomic mass is 19.1. The Hall–Kier alpha value is -3.83. The van der Waals surface area contributed by atoms with Crippen molar-refractivity contribution < 1.29 is 4.39 Å². The first-order chi connectivity index (χ1) is 15.6. The number of pyridine rings is 1. The average molecular weight is 427 g/mol. The lowest BCUT2D eigenvalue weighted by molar-refractivity contribution is 0.245. The number of nitrogens with zero attached hydrogens (tertiary/aromatic N) is 6. The number of aromatic nitrogens is 4. The molecule has 4 heterocycles. The van der Waals surface area contributed by atoms with E-state index in [9.17, 15) is 4.39 Å². The molecule has 3 aromatic heterocycles. The molecule has 0 bridgehead atoms. The van der Waals surface area contributed by atoms with E-state index in [2.05, 4.69) is 31.4 Å². The van der Waals surface area contributed by atoms with Crippen molar-refractivity contribution in [3.05, 3.63) is 77.9 Å². The third-order valence-electron chi connectivity index (χ3n) is 5.93. The SMILES string of the molecule is Cn1cc(CN2CCC[C@H]2c2cnc(Nc3ccc(C#N)nc3)cn2)c2cc(F)ccc21. The molecule has 32 heavy (non-hydrogen) atoms. The molecule has 1 aliphatic heterocycles. The number of fused-ring (bicyclic) bond motifs is 1. The molecule has 1 atom stereocenters. The van der Waals surface area contributed by atoms with E-state index in [1.165, 1.54) is 6.07 Å². The van der Waals surface area contributed by atoms with Gasteiger partial charge in [-0.1, -0.05) is 0 Å². The molecule has 1 fully saturated rings. The van der Waals surface area contributed by atoms with E-state index in [1.807, 2.05) is 29.9 Å². The van der Waals surface area contributed by atoms with Gasteiger partial charge in [0, 0.05) is 30.7 Å². The van der Waals surface area contributed by atoms with Crippen LogP contribution in [-0.2, 0) is 13.6 Å². The lowest BCUT2D eigenvalue weighted by Gasteiger charge is -2.23. The summed E-state index contributed by atoms with van der Waals surface area (Å²) in [6.45, 7) is 1.71. The highest BCUT2D eigenvalue weighted by Crippen LogP contribution is 2.34. The van der Waals surface area contributed by atoms with E-state index in [0.29, 0.717) is 11.5 Å². The van der Waals surface area contributed by atoms with E-state index in [-0.39, 0.29) is 11.9 Å². The number of hydrogen-bond donors (Lipinski definition) is 1. The third-order valence-corrected chi connectivity index (χ3v) is 5.93. The summed E-state index contributed by atoms with van der Waals surface area (Å²) in [5, 5.41) is 13.0. The monoisotopic (exact) mass is 427 g/mol. The van der Waals surface area contributed by atoms with Gasteiger partial charge in [0.25, 0.3) is 0 Å². The van der Waals surface area contributed by atoms with Gasteiger partial charge in [-0.15, -0.1) is 0 Å². The summed E-state index contributed by atoms with van der Waals surface area (Å²) in [7, 11) is 1.99.